The molecule has 0 aliphatic heterocycles. The van der Waals surface area contributed by atoms with Crippen molar-refractivity contribution in [3.8, 4) is 0 Å². The number of unbranched alkanes of at least 4 members (excludes halogenated alkanes) is 1. The molecule has 0 rings (SSSR count). The maximum absolute atomic E-state index is 11.3. The topological polar surface area (TPSA) is 54.5 Å². The lowest BCUT2D eigenvalue weighted by Gasteiger charge is -2.09. The average Bonchev–Trinajstić information content (AvgIpc) is 2.00. The van der Waals surface area contributed by atoms with Crippen LogP contribution in [0.25, 0.3) is 0 Å². The molecule has 0 aromatic carbocycles. The molecule has 5 heteroatoms. The van der Waals surface area contributed by atoms with Gasteiger partial charge in [0.1, 0.15) is 5.75 Å². The number of nitrogens with zero attached hydrogens (tertiary/aromatic N) is 1. The van der Waals surface area contributed by atoms with E-state index < -0.39 is 9.84 Å². The van der Waals surface area contributed by atoms with Crippen molar-refractivity contribution in [2.24, 2.45) is 0 Å². The number of hydrogen-bond donors (Lipinski definition) is 0. The van der Waals surface area contributed by atoms with Crippen molar-refractivity contribution in [2.45, 2.75) is 19.8 Å². The van der Waals surface area contributed by atoms with E-state index in [1.54, 1.807) is 14.1 Å². The van der Waals surface area contributed by atoms with E-state index >= 15 is 0 Å². The third-order valence-electron chi connectivity index (χ3n) is 1.65. The molecule has 0 atom stereocenters. The predicted molar refractivity (Wildman–Crippen MR) is 52.3 cm³/mol. The zero-order valence-corrected chi connectivity index (χ0v) is 9.23. The van der Waals surface area contributed by atoms with Crippen LogP contribution in [0.1, 0.15) is 19.8 Å². The van der Waals surface area contributed by atoms with E-state index in [0.29, 0.717) is 6.42 Å². The first-order chi connectivity index (χ1) is 5.89. The highest BCUT2D eigenvalue weighted by atomic mass is 32.2. The number of amides is 1. The van der Waals surface area contributed by atoms with Gasteiger partial charge in [0.2, 0.25) is 5.91 Å². The normalized spacial score (nSPS) is 11.3. The lowest BCUT2D eigenvalue weighted by Crippen LogP contribution is -2.30. The van der Waals surface area contributed by atoms with Crippen molar-refractivity contribution in [2.75, 3.05) is 25.6 Å². The Balaban J connectivity index is 4.11. The van der Waals surface area contributed by atoms with Crippen LogP contribution < -0.4 is 0 Å². The highest BCUT2D eigenvalue weighted by Gasteiger charge is 2.16. The summed E-state index contributed by atoms with van der Waals surface area (Å²) >= 11 is 0. The largest absolute Gasteiger partial charge is 0.348 e. The molecule has 0 saturated carbocycles. The molecule has 1 amide bonds. The summed E-state index contributed by atoms with van der Waals surface area (Å²) in [4.78, 5) is 12.4. The van der Waals surface area contributed by atoms with E-state index in [0.717, 1.165) is 6.42 Å². The number of carbonyl (C=O) groups is 1. The molecular formula is C8H17NO3S. The maximum Gasteiger partial charge on any atom is 0.237 e. The van der Waals surface area contributed by atoms with Crippen LogP contribution in [0.3, 0.4) is 0 Å². The number of hydrogen-bond acceptors (Lipinski definition) is 3. The van der Waals surface area contributed by atoms with Crippen LogP contribution in [0.2, 0.25) is 0 Å². The van der Waals surface area contributed by atoms with Crippen molar-refractivity contribution < 1.29 is 13.2 Å². The van der Waals surface area contributed by atoms with Crippen LogP contribution in [0.15, 0.2) is 0 Å². The Bertz CT molecular complexity index is 257. The van der Waals surface area contributed by atoms with Gasteiger partial charge in [0.05, 0.1) is 5.75 Å². The van der Waals surface area contributed by atoms with Gasteiger partial charge in [-0.2, -0.15) is 0 Å². The minimum absolute atomic E-state index is 0.114. The number of rotatable bonds is 5. The summed E-state index contributed by atoms with van der Waals surface area (Å²) in [6.45, 7) is 1.92. The molecule has 0 aromatic rings. The van der Waals surface area contributed by atoms with Crippen molar-refractivity contribution in [3.63, 3.8) is 0 Å². The van der Waals surface area contributed by atoms with Gasteiger partial charge in [-0.25, -0.2) is 8.42 Å². The van der Waals surface area contributed by atoms with E-state index in [4.69, 9.17) is 0 Å². The molecule has 0 aromatic heterocycles. The maximum atomic E-state index is 11.3. The summed E-state index contributed by atoms with van der Waals surface area (Å²) in [5, 5.41) is 0. The second-order valence-electron chi connectivity index (χ2n) is 3.23. The van der Waals surface area contributed by atoms with E-state index in [-0.39, 0.29) is 17.4 Å². The van der Waals surface area contributed by atoms with Gasteiger partial charge in [0.25, 0.3) is 0 Å². The van der Waals surface area contributed by atoms with Crippen LogP contribution >= 0.6 is 0 Å². The SMILES string of the molecule is CCCCS(=O)(=O)CC(=O)N(C)C. The smallest absolute Gasteiger partial charge is 0.237 e. The Hall–Kier alpha value is -0.580. The number of carbonyl (C=O) groups excluding carboxylic acids is 1. The Kier molecular flexibility index (Phi) is 4.98. The molecule has 0 bridgehead atoms. The summed E-state index contributed by atoms with van der Waals surface area (Å²) in [6.07, 6.45) is 1.46. The molecule has 0 saturated heterocycles. The Morgan fingerprint density at radius 1 is 1.31 bits per heavy atom. The van der Waals surface area contributed by atoms with E-state index in [2.05, 4.69) is 0 Å². The van der Waals surface area contributed by atoms with Crippen molar-refractivity contribution in [1.82, 2.24) is 4.90 Å². The van der Waals surface area contributed by atoms with Crippen LogP contribution in [-0.2, 0) is 14.6 Å². The highest BCUT2D eigenvalue weighted by Crippen LogP contribution is 1.98. The molecule has 0 heterocycles. The fourth-order valence-corrected chi connectivity index (χ4v) is 2.26. The summed E-state index contributed by atoms with van der Waals surface area (Å²) < 4.78 is 22.5. The van der Waals surface area contributed by atoms with Crippen molar-refractivity contribution in [3.05, 3.63) is 0 Å². The summed E-state index contributed by atoms with van der Waals surface area (Å²) in [6, 6.07) is 0. The van der Waals surface area contributed by atoms with Crippen molar-refractivity contribution >= 4 is 15.7 Å². The first-order valence-corrected chi connectivity index (χ1v) is 6.11. The van der Waals surface area contributed by atoms with Gasteiger partial charge in [-0.3, -0.25) is 4.79 Å². The third-order valence-corrected chi connectivity index (χ3v) is 3.25. The molecule has 0 radical (unpaired) electrons. The fourth-order valence-electron chi connectivity index (χ4n) is 0.754. The molecule has 0 spiro atoms. The van der Waals surface area contributed by atoms with Gasteiger partial charge in [0.15, 0.2) is 9.84 Å². The highest BCUT2D eigenvalue weighted by molar-refractivity contribution is 7.92. The van der Waals surface area contributed by atoms with E-state index in [1.807, 2.05) is 6.92 Å². The van der Waals surface area contributed by atoms with Gasteiger partial charge in [0, 0.05) is 14.1 Å². The van der Waals surface area contributed by atoms with Crippen molar-refractivity contribution in [1.29, 1.82) is 0 Å². The molecule has 4 nitrogen and oxygen atoms in total. The Morgan fingerprint density at radius 2 is 1.85 bits per heavy atom. The van der Waals surface area contributed by atoms with Crippen LogP contribution in [-0.4, -0.2) is 44.8 Å². The molecule has 0 aliphatic rings. The predicted octanol–water partition coefficient (Wildman–Crippen LogP) is 0.290. The minimum Gasteiger partial charge on any atom is -0.348 e. The second kappa shape index (κ2) is 5.21. The molecule has 78 valence electrons. The zero-order valence-electron chi connectivity index (χ0n) is 8.41. The van der Waals surface area contributed by atoms with Crippen LogP contribution in [0, 0.1) is 0 Å². The Labute approximate surface area is 79.8 Å². The molecule has 0 aliphatic carbocycles. The molecule has 0 unspecified atom stereocenters. The van der Waals surface area contributed by atoms with Gasteiger partial charge in [-0.1, -0.05) is 13.3 Å². The lowest BCUT2D eigenvalue weighted by molar-refractivity contribution is -0.125. The van der Waals surface area contributed by atoms with Crippen LogP contribution in [0.5, 0.6) is 0 Å². The molecule has 0 fully saturated rings. The van der Waals surface area contributed by atoms with Crippen LogP contribution in [0.4, 0.5) is 0 Å². The van der Waals surface area contributed by atoms with Gasteiger partial charge in [-0.05, 0) is 6.42 Å². The fraction of sp³-hybridized carbons (Fsp3) is 0.875. The minimum atomic E-state index is -3.18. The van der Waals surface area contributed by atoms with E-state index in [1.165, 1.54) is 4.90 Å². The standard InChI is InChI=1S/C8H17NO3S/c1-4-5-6-13(11,12)7-8(10)9(2)3/h4-7H2,1-3H3. The first-order valence-electron chi connectivity index (χ1n) is 4.29. The summed E-state index contributed by atoms with van der Waals surface area (Å²) in [7, 11) is -0.0727. The molecular weight excluding hydrogens is 190 g/mol. The van der Waals surface area contributed by atoms with E-state index in [9.17, 15) is 13.2 Å². The van der Waals surface area contributed by atoms with Gasteiger partial charge < -0.3 is 4.90 Å². The lowest BCUT2D eigenvalue weighted by atomic mass is 10.4. The second-order valence-corrected chi connectivity index (χ2v) is 5.42. The summed E-state index contributed by atoms with van der Waals surface area (Å²) in [5.41, 5.74) is 0. The monoisotopic (exact) mass is 207 g/mol. The zero-order chi connectivity index (χ0) is 10.5. The number of sulfone groups is 1. The van der Waals surface area contributed by atoms with Gasteiger partial charge in [-0.15, -0.1) is 0 Å². The van der Waals surface area contributed by atoms with Gasteiger partial charge >= 0.3 is 0 Å². The quantitative estimate of drug-likeness (QED) is 0.651. The summed E-state index contributed by atoms with van der Waals surface area (Å²) in [5.74, 6) is -0.598. The average molecular weight is 207 g/mol. The third kappa shape index (κ3) is 5.63. The Morgan fingerprint density at radius 3 is 2.23 bits per heavy atom. The molecule has 0 N–H and O–H groups in total. The first kappa shape index (κ1) is 12.4. The molecule has 13 heavy (non-hydrogen) atoms.